The number of amides is 2. The average molecular weight is 215 g/mol. The number of aliphatic hydroxyl groups excluding tert-OH is 1. The van der Waals surface area contributed by atoms with E-state index in [0.29, 0.717) is 13.0 Å². The third-order valence-electron chi connectivity index (χ3n) is 2.66. The molecular weight excluding hydrogens is 198 g/mol. The van der Waals surface area contributed by atoms with Gasteiger partial charge in [0.25, 0.3) is 0 Å². The number of likely N-dealkylation sites (tertiary alicyclic amines) is 1. The number of nitrogens with zero attached hydrogens (tertiary/aromatic N) is 1. The summed E-state index contributed by atoms with van der Waals surface area (Å²) in [6, 6.07) is 0.0712. The first kappa shape index (κ1) is 11.9. The second kappa shape index (κ2) is 5.67. The van der Waals surface area contributed by atoms with Crippen LogP contribution in [0.25, 0.3) is 0 Å². The van der Waals surface area contributed by atoms with Crippen molar-refractivity contribution < 1.29 is 14.7 Å². The molecule has 2 amide bonds. The summed E-state index contributed by atoms with van der Waals surface area (Å²) in [5.74, 6) is 3.56. The third-order valence-corrected chi connectivity index (χ3v) is 2.66. The lowest BCUT2D eigenvalue weighted by molar-refractivity contribution is -0.146. The minimum atomic E-state index is -0.772. The zero-order valence-electron chi connectivity index (χ0n) is 8.61. The van der Waals surface area contributed by atoms with Crippen molar-refractivity contribution in [1.29, 1.82) is 0 Å². The van der Waals surface area contributed by atoms with Crippen LogP contribution in [0.2, 0.25) is 0 Å². The van der Waals surface area contributed by atoms with Crippen LogP contribution in [0.15, 0.2) is 0 Å². The van der Waals surface area contributed by atoms with Crippen LogP contribution in [-0.2, 0) is 9.59 Å². The smallest absolute Gasteiger partial charge is 0.323 e. The lowest BCUT2D eigenvalue weighted by atomic mass is 10.1. The van der Waals surface area contributed by atoms with Gasteiger partial charge in [0.1, 0.15) is 0 Å². The van der Waals surface area contributed by atoms with E-state index in [1.54, 1.807) is 0 Å². The Morgan fingerprint density at radius 3 is 2.87 bits per heavy atom. The molecule has 1 saturated heterocycles. The maximum atomic E-state index is 11.5. The van der Waals surface area contributed by atoms with E-state index in [2.05, 4.69) is 0 Å². The molecule has 1 unspecified atom stereocenters. The van der Waals surface area contributed by atoms with E-state index >= 15 is 0 Å². The van der Waals surface area contributed by atoms with Crippen LogP contribution in [0.4, 0.5) is 0 Å². The molecule has 6 nitrogen and oxygen atoms in total. The van der Waals surface area contributed by atoms with Gasteiger partial charge in [0.2, 0.25) is 0 Å². The summed E-state index contributed by atoms with van der Waals surface area (Å²) in [7, 11) is 0. The average Bonchev–Trinajstić information content (AvgIpc) is 2.72. The molecule has 0 radical (unpaired) electrons. The number of hydrazine groups is 1. The van der Waals surface area contributed by atoms with Crippen LogP contribution in [0.1, 0.15) is 25.7 Å². The monoisotopic (exact) mass is 215 g/mol. The zero-order valence-corrected chi connectivity index (χ0v) is 8.61. The number of nitrogens with one attached hydrogen (secondary N) is 1. The molecule has 1 aliphatic rings. The Morgan fingerprint density at radius 1 is 1.53 bits per heavy atom. The maximum absolute atomic E-state index is 11.5. The van der Waals surface area contributed by atoms with Gasteiger partial charge < -0.3 is 10.0 Å². The van der Waals surface area contributed by atoms with E-state index in [1.165, 1.54) is 4.90 Å². The van der Waals surface area contributed by atoms with Crippen molar-refractivity contribution in [2.24, 2.45) is 5.84 Å². The fourth-order valence-electron chi connectivity index (χ4n) is 1.92. The van der Waals surface area contributed by atoms with E-state index in [0.717, 1.165) is 19.3 Å². The molecule has 4 N–H and O–H groups in total. The molecule has 1 rings (SSSR count). The Morgan fingerprint density at radius 2 is 2.27 bits per heavy atom. The summed E-state index contributed by atoms with van der Waals surface area (Å²) >= 11 is 0. The van der Waals surface area contributed by atoms with Crippen molar-refractivity contribution >= 4 is 11.8 Å². The molecule has 0 aromatic heterocycles. The number of rotatable bonds is 3. The minimum Gasteiger partial charge on any atom is -0.396 e. The summed E-state index contributed by atoms with van der Waals surface area (Å²) in [5.41, 5.74) is 1.84. The van der Waals surface area contributed by atoms with Crippen molar-refractivity contribution in [3.63, 3.8) is 0 Å². The first-order valence-corrected chi connectivity index (χ1v) is 5.13. The van der Waals surface area contributed by atoms with Gasteiger partial charge in [-0.3, -0.25) is 15.0 Å². The number of carbonyl (C=O) groups excluding carboxylic acids is 2. The predicted molar refractivity (Wildman–Crippen MR) is 53.4 cm³/mol. The van der Waals surface area contributed by atoms with Crippen molar-refractivity contribution in [3.05, 3.63) is 0 Å². The fourth-order valence-corrected chi connectivity index (χ4v) is 1.92. The van der Waals surface area contributed by atoms with Gasteiger partial charge in [0.05, 0.1) is 0 Å². The molecule has 0 spiro atoms. The maximum Gasteiger partial charge on any atom is 0.323 e. The van der Waals surface area contributed by atoms with E-state index in [1.807, 2.05) is 5.43 Å². The highest BCUT2D eigenvalue weighted by molar-refractivity contribution is 6.34. The van der Waals surface area contributed by atoms with Gasteiger partial charge in [-0.2, -0.15) is 0 Å². The highest BCUT2D eigenvalue weighted by Gasteiger charge is 2.31. The topological polar surface area (TPSA) is 95.7 Å². The predicted octanol–water partition coefficient (Wildman–Crippen LogP) is -1.26. The fraction of sp³-hybridized carbons (Fsp3) is 0.778. The largest absolute Gasteiger partial charge is 0.396 e. The van der Waals surface area contributed by atoms with E-state index in [9.17, 15) is 9.59 Å². The first-order valence-electron chi connectivity index (χ1n) is 5.13. The van der Waals surface area contributed by atoms with Gasteiger partial charge in [-0.05, 0) is 25.7 Å². The first-order chi connectivity index (χ1) is 7.20. The van der Waals surface area contributed by atoms with Crippen molar-refractivity contribution in [2.75, 3.05) is 13.2 Å². The minimum absolute atomic E-state index is 0.0712. The van der Waals surface area contributed by atoms with E-state index in [4.69, 9.17) is 10.9 Å². The van der Waals surface area contributed by atoms with Gasteiger partial charge in [-0.1, -0.05) is 0 Å². The Bertz CT molecular complexity index is 245. The number of carbonyl (C=O) groups is 2. The van der Waals surface area contributed by atoms with Crippen LogP contribution in [-0.4, -0.2) is 41.0 Å². The van der Waals surface area contributed by atoms with Crippen LogP contribution in [0.3, 0.4) is 0 Å². The second-order valence-electron chi connectivity index (χ2n) is 3.63. The normalized spacial score (nSPS) is 20.4. The number of aliphatic hydroxyl groups is 1. The number of hydrogen-bond donors (Lipinski definition) is 3. The summed E-state index contributed by atoms with van der Waals surface area (Å²) in [6.45, 7) is 0.712. The van der Waals surface area contributed by atoms with Crippen LogP contribution in [0.5, 0.6) is 0 Å². The summed E-state index contributed by atoms with van der Waals surface area (Å²) < 4.78 is 0. The van der Waals surface area contributed by atoms with Crippen molar-refractivity contribution in [2.45, 2.75) is 31.7 Å². The molecule has 1 fully saturated rings. The Balaban J connectivity index is 2.52. The molecule has 1 atom stereocenters. The Kier molecular flexibility index (Phi) is 4.51. The molecule has 0 aromatic rings. The molecule has 0 bridgehead atoms. The second-order valence-corrected chi connectivity index (χ2v) is 3.63. The number of hydrogen-bond acceptors (Lipinski definition) is 4. The van der Waals surface area contributed by atoms with Gasteiger partial charge in [0.15, 0.2) is 0 Å². The zero-order chi connectivity index (χ0) is 11.3. The molecule has 0 aliphatic carbocycles. The lowest BCUT2D eigenvalue weighted by Gasteiger charge is -2.23. The molecule has 0 saturated carbocycles. The van der Waals surface area contributed by atoms with Gasteiger partial charge in [-0.25, -0.2) is 5.84 Å². The van der Waals surface area contributed by atoms with Crippen LogP contribution in [0, 0.1) is 0 Å². The Labute approximate surface area is 88.4 Å². The summed E-state index contributed by atoms with van der Waals surface area (Å²) in [6.07, 6.45) is 3.18. The molecule has 1 heterocycles. The molecule has 1 aliphatic heterocycles. The quantitative estimate of drug-likeness (QED) is 0.237. The molecular formula is C9H17N3O3. The highest BCUT2D eigenvalue weighted by atomic mass is 16.3. The van der Waals surface area contributed by atoms with E-state index < -0.39 is 11.8 Å². The van der Waals surface area contributed by atoms with E-state index in [-0.39, 0.29) is 12.6 Å². The van der Waals surface area contributed by atoms with Gasteiger partial charge in [-0.15, -0.1) is 0 Å². The summed E-state index contributed by atoms with van der Waals surface area (Å²) in [4.78, 5) is 24.1. The van der Waals surface area contributed by atoms with Crippen LogP contribution >= 0.6 is 0 Å². The standard InChI is InChI=1S/C9H17N3O3/c10-11-8(14)9(15)12-5-1-3-7(12)4-2-6-13/h7,13H,1-6,10H2,(H,11,14). The lowest BCUT2D eigenvalue weighted by Crippen LogP contribution is -2.47. The molecule has 86 valence electrons. The molecule has 0 aromatic carbocycles. The van der Waals surface area contributed by atoms with Crippen LogP contribution < -0.4 is 11.3 Å². The van der Waals surface area contributed by atoms with Gasteiger partial charge >= 0.3 is 11.8 Å². The van der Waals surface area contributed by atoms with Crippen molar-refractivity contribution in [1.82, 2.24) is 10.3 Å². The molecule has 6 heteroatoms. The third kappa shape index (κ3) is 2.90. The SMILES string of the molecule is NNC(=O)C(=O)N1CCCC1CCCO. The Hall–Kier alpha value is -1.14. The van der Waals surface area contributed by atoms with Gasteiger partial charge in [0, 0.05) is 19.2 Å². The molecule has 15 heavy (non-hydrogen) atoms. The van der Waals surface area contributed by atoms with Crippen molar-refractivity contribution in [3.8, 4) is 0 Å². The summed E-state index contributed by atoms with van der Waals surface area (Å²) in [5, 5.41) is 8.70. The highest BCUT2D eigenvalue weighted by Crippen LogP contribution is 2.21. The number of nitrogens with two attached hydrogens (primary N) is 1.